The molecule has 0 amide bonds. The molecule has 6 heteroatoms. The Bertz CT molecular complexity index is 1750. The molecule has 0 aliphatic heterocycles. The van der Waals surface area contributed by atoms with Crippen LogP contribution in [0.25, 0.3) is 0 Å². The molecule has 83 heavy (non-hydrogen) atoms. The normalized spacial score (nSPS) is 13.0. The molecule has 0 fully saturated rings. The second-order valence-corrected chi connectivity index (χ2v) is 22.7. The van der Waals surface area contributed by atoms with Crippen LogP contribution in [0.3, 0.4) is 0 Å². The zero-order valence-corrected chi connectivity index (χ0v) is 54.2. The molecule has 0 heterocycles. The van der Waals surface area contributed by atoms with Gasteiger partial charge in [0.15, 0.2) is 6.10 Å². The number of allylic oxidation sites excluding steroid dienone is 22. The number of carbonyl (C=O) groups excluding carboxylic acids is 3. The lowest BCUT2D eigenvalue weighted by Gasteiger charge is -2.18. The van der Waals surface area contributed by atoms with Crippen LogP contribution in [0.1, 0.15) is 316 Å². The van der Waals surface area contributed by atoms with Gasteiger partial charge < -0.3 is 14.2 Å². The Morgan fingerprint density at radius 2 is 0.470 bits per heavy atom. The van der Waals surface area contributed by atoms with Gasteiger partial charge in [0.1, 0.15) is 13.2 Å². The molecule has 0 aliphatic rings. The average Bonchev–Trinajstić information content (AvgIpc) is 3.49. The van der Waals surface area contributed by atoms with Crippen molar-refractivity contribution in [3.8, 4) is 0 Å². The fourth-order valence-electron chi connectivity index (χ4n) is 9.47. The van der Waals surface area contributed by atoms with Crippen molar-refractivity contribution >= 4 is 17.9 Å². The first-order valence-corrected chi connectivity index (χ1v) is 34.7. The molecular formula is C77H128O6. The van der Waals surface area contributed by atoms with E-state index in [2.05, 4.69) is 154 Å². The van der Waals surface area contributed by atoms with Crippen molar-refractivity contribution in [3.05, 3.63) is 134 Å². The number of ether oxygens (including phenoxy) is 3. The highest BCUT2D eigenvalue weighted by molar-refractivity contribution is 5.71. The summed E-state index contributed by atoms with van der Waals surface area (Å²) in [6, 6.07) is 0. The molecule has 1 unspecified atom stereocenters. The number of carbonyl (C=O) groups is 3. The summed E-state index contributed by atoms with van der Waals surface area (Å²) in [6.45, 7) is 6.51. The maximum absolute atomic E-state index is 12.9. The Hall–Kier alpha value is -4.45. The number of rotatable bonds is 62. The molecular weight excluding hydrogens is 1020 g/mol. The zero-order chi connectivity index (χ0) is 59.9. The van der Waals surface area contributed by atoms with E-state index in [0.29, 0.717) is 19.3 Å². The number of unbranched alkanes of at least 4 members (excludes halogenated alkanes) is 29. The van der Waals surface area contributed by atoms with Gasteiger partial charge in [0.25, 0.3) is 0 Å². The highest BCUT2D eigenvalue weighted by Gasteiger charge is 2.19. The van der Waals surface area contributed by atoms with E-state index in [1.165, 1.54) is 141 Å². The minimum Gasteiger partial charge on any atom is -0.462 e. The van der Waals surface area contributed by atoms with Crippen LogP contribution in [-0.2, 0) is 28.6 Å². The van der Waals surface area contributed by atoms with Crippen LogP contribution >= 0.6 is 0 Å². The molecule has 0 aliphatic carbocycles. The molecule has 0 aromatic heterocycles. The Morgan fingerprint density at radius 1 is 0.253 bits per heavy atom. The van der Waals surface area contributed by atoms with Gasteiger partial charge in [0, 0.05) is 19.3 Å². The lowest BCUT2D eigenvalue weighted by Crippen LogP contribution is -2.30. The molecule has 0 spiro atoms. The summed E-state index contributed by atoms with van der Waals surface area (Å²) < 4.78 is 16.9. The minimum atomic E-state index is -0.790. The van der Waals surface area contributed by atoms with Gasteiger partial charge in [-0.15, -0.1) is 0 Å². The van der Waals surface area contributed by atoms with Gasteiger partial charge in [0.2, 0.25) is 0 Å². The molecule has 0 saturated heterocycles. The third kappa shape index (κ3) is 68.2. The smallest absolute Gasteiger partial charge is 0.306 e. The fourth-order valence-corrected chi connectivity index (χ4v) is 9.47. The Balaban J connectivity index is 4.28. The van der Waals surface area contributed by atoms with Crippen molar-refractivity contribution in [3.63, 3.8) is 0 Å². The first kappa shape index (κ1) is 78.5. The first-order valence-electron chi connectivity index (χ1n) is 34.7. The number of esters is 3. The van der Waals surface area contributed by atoms with Gasteiger partial charge >= 0.3 is 17.9 Å². The summed E-state index contributed by atoms with van der Waals surface area (Å²) in [5, 5.41) is 0. The Labute approximate surface area is 513 Å². The van der Waals surface area contributed by atoms with E-state index < -0.39 is 6.10 Å². The quantitative estimate of drug-likeness (QED) is 0.0261. The lowest BCUT2D eigenvalue weighted by molar-refractivity contribution is -0.167. The van der Waals surface area contributed by atoms with E-state index in [-0.39, 0.29) is 31.1 Å². The SMILES string of the molecule is CC/C=C\C/C=C\C/C=C\C/C=C\C/C=C\C/C=C\C/C=C\C/C=C\C/C=C\CCCCCCCCCC(=O)OCC(COC(=O)CCCCCCCCCCCCCC)OC(=O)CCCCCCCCC/C=C\C/C=C\CCCCCC. The van der Waals surface area contributed by atoms with E-state index in [4.69, 9.17) is 14.2 Å². The predicted molar refractivity (Wildman–Crippen MR) is 362 cm³/mol. The van der Waals surface area contributed by atoms with E-state index in [0.717, 1.165) is 135 Å². The summed E-state index contributed by atoms with van der Waals surface area (Å²) in [5.41, 5.74) is 0. The number of hydrogen-bond acceptors (Lipinski definition) is 6. The van der Waals surface area contributed by atoms with E-state index in [1.807, 2.05) is 0 Å². The van der Waals surface area contributed by atoms with E-state index in [9.17, 15) is 14.4 Å². The zero-order valence-electron chi connectivity index (χ0n) is 54.2. The van der Waals surface area contributed by atoms with Crippen LogP contribution in [0.5, 0.6) is 0 Å². The molecule has 0 radical (unpaired) electrons. The molecule has 0 saturated carbocycles. The van der Waals surface area contributed by atoms with Gasteiger partial charge in [-0.25, -0.2) is 0 Å². The third-order valence-electron chi connectivity index (χ3n) is 14.6. The highest BCUT2D eigenvalue weighted by atomic mass is 16.6. The summed E-state index contributed by atoms with van der Waals surface area (Å²) in [7, 11) is 0. The maximum Gasteiger partial charge on any atom is 0.306 e. The van der Waals surface area contributed by atoms with Crippen LogP contribution in [0.2, 0.25) is 0 Å². The summed E-state index contributed by atoms with van der Waals surface area (Å²) in [4.78, 5) is 38.3. The molecule has 0 N–H and O–H groups in total. The van der Waals surface area contributed by atoms with Gasteiger partial charge in [-0.3, -0.25) is 14.4 Å². The molecule has 0 rings (SSSR count). The lowest BCUT2D eigenvalue weighted by atomic mass is 10.0. The standard InChI is InChI=1S/C77H128O6/c1-4-7-10-13-16-19-22-25-27-29-31-32-33-34-35-36-37-38-39-40-41-42-43-44-45-46-47-49-50-52-55-58-61-64-67-70-76(79)82-73-74(72-81-75(78)69-66-63-60-57-54-24-21-18-15-12-9-6-3)83-77(80)71-68-65-62-59-56-53-51-48-30-28-26-23-20-17-14-11-8-5-2/h7,10,16,19-20,23,25,27-28,30-32,34-35,37-38,40-41,43-44,46-47,74H,4-6,8-9,11-15,17-18,21-22,24,26,29,33,36,39,42,45,48-73H2,1-3H3/b10-7-,19-16-,23-20-,27-25-,30-28-,32-31-,35-34-,38-37-,41-40-,44-43-,47-46-. The molecule has 0 bridgehead atoms. The summed E-state index contributed by atoms with van der Waals surface area (Å²) in [5.74, 6) is -0.897. The Kier molecular flexibility index (Phi) is 66.3. The van der Waals surface area contributed by atoms with Crippen LogP contribution in [0.15, 0.2) is 134 Å². The highest BCUT2D eigenvalue weighted by Crippen LogP contribution is 2.16. The summed E-state index contributed by atoms with van der Waals surface area (Å²) in [6.07, 6.45) is 98.9. The molecule has 472 valence electrons. The van der Waals surface area contributed by atoms with Gasteiger partial charge in [-0.1, -0.05) is 309 Å². The predicted octanol–water partition coefficient (Wildman–Crippen LogP) is 24.1. The van der Waals surface area contributed by atoms with Crippen molar-refractivity contribution in [1.29, 1.82) is 0 Å². The average molecular weight is 1150 g/mol. The topological polar surface area (TPSA) is 78.9 Å². The van der Waals surface area contributed by atoms with Gasteiger partial charge in [-0.05, 0) is 122 Å². The van der Waals surface area contributed by atoms with Crippen LogP contribution in [0.4, 0.5) is 0 Å². The third-order valence-corrected chi connectivity index (χ3v) is 14.6. The second kappa shape index (κ2) is 70.0. The monoisotopic (exact) mass is 1150 g/mol. The van der Waals surface area contributed by atoms with Crippen molar-refractivity contribution < 1.29 is 28.6 Å². The van der Waals surface area contributed by atoms with Crippen LogP contribution in [-0.4, -0.2) is 37.2 Å². The van der Waals surface area contributed by atoms with Crippen molar-refractivity contribution in [1.82, 2.24) is 0 Å². The van der Waals surface area contributed by atoms with Crippen molar-refractivity contribution in [2.75, 3.05) is 13.2 Å². The van der Waals surface area contributed by atoms with Gasteiger partial charge in [-0.2, -0.15) is 0 Å². The maximum atomic E-state index is 12.9. The van der Waals surface area contributed by atoms with Crippen molar-refractivity contribution in [2.24, 2.45) is 0 Å². The summed E-state index contributed by atoms with van der Waals surface area (Å²) >= 11 is 0. The Morgan fingerprint density at radius 3 is 0.747 bits per heavy atom. The second-order valence-electron chi connectivity index (χ2n) is 22.7. The molecule has 6 nitrogen and oxygen atoms in total. The van der Waals surface area contributed by atoms with Gasteiger partial charge in [0.05, 0.1) is 0 Å². The van der Waals surface area contributed by atoms with E-state index in [1.54, 1.807) is 0 Å². The first-order chi connectivity index (χ1) is 41.0. The fraction of sp³-hybridized carbons (Fsp3) is 0.675. The van der Waals surface area contributed by atoms with Crippen LogP contribution < -0.4 is 0 Å². The minimum absolute atomic E-state index is 0.0842. The van der Waals surface area contributed by atoms with Crippen LogP contribution in [0, 0.1) is 0 Å². The molecule has 1 atom stereocenters. The van der Waals surface area contributed by atoms with Crippen molar-refractivity contribution in [2.45, 2.75) is 322 Å². The number of hydrogen-bond donors (Lipinski definition) is 0. The largest absolute Gasteiger partial charge is 0.462 e. The van der Waals surface area contributed by atoms with E-state index >= 15 is 0 Å². The molecule has 0 aromatic carbocycles. The molecule has 0 aromatic rings.